The highest BCUT2D eigenvalue weighted by Gasteiger charge is 2.51. The van der Waals surface area contributed by atoms with Crippen LogP contribution in [0.2, 0.25) is 0 Å². The average molecular weight is 381 g/mol. The summed E-state index contributed by atoms with van der Waals surface area (Å²) in [5.41, 5.74) is 0.266. The van der Waals surface area contributed by atoms with E-state index in [4.69, 9.17) is 18.1 Å². The van der Waals surface area contributed by atoms with E-state index in [9.17, 15) is 4.79 Å². The molecule has 0 radical (unpaired) electrons. The first-order valence-corrected chi connectivity index (χ1v) is 8.89. The summed E-state index contributed by atoms with van der Waals surface area (Å²) >= 11 is 0. The lowest BCUT2D eigenvalue weighted by molar-refractivity contribution is 0.00578. The lowest BCUT2D eigenvalue weighted by atomic mass is 9.78. The van der Waals surface area contributed by atoms with Crippen molar-refractivity contribution in [1.29, 1.82) is 0 Å². The van der Waals surface area contributed by atoms with Crippen molar-refractivity contribution in [1.82, 2.24) is 10.2 Å². The number of carbonyl (C=O) groups is 1. The summed E-state index contributed by atoms with van der Waals surface area (Å²) in [6.45, 7) is 7.93. The van der Waals surface area contributed by atoms with E-state index in [0.717, 1.165) is 5.46 Å². The van der Waals surface area contributed by atoms with Crippen LogP contribution in [0.3, 0.4) is 0 Å². The van der Waals surface area contributed by atoms with Gasteiger partial charge in [0.25, 0.3) is 11.8 Å². The quantitative estimate of drug-likeness (QED) is 0.694. The Morgan fingerprint density at radius 3 is 2.46 bits per heavy atom. The molecule has 144 valence electrons. The monoisotopic (exact) mass is 381 g/mol. The van der Waals surface area contributed by atoms with Crippen LogP contribution in [0.4, 0.5) is 6.01 Å². The zero-order chi connectivity index (χ0) is 19.9. The molecule has 0 bridgehead atoms. The lowest BCUT2D eigenvalue weighted by Gasteiger charge is -2.32. The normalized spacial score (nSPS) is 17.6. The zero-order valence-corrected chi connectivity index (χ0v) is 16.1. The van der Waals surface area contributed by atoms with Crippen molar-refractivity contribution in [2.24, 2.45) is 0 Å². The fourth-order valence-electron chi connectivity index (χ4n) is 2.75. The topological polar surface area (TPSA) is 99.6 Å². The molecule has 1 N–H and O–H groups in total. The minimum absolute atomic E-state index is 0.0163. The molecule has 0 saturated carbocycles. The Hall–Kier alpha value is -2.91. The maximum Gasteiger partial charge on any atom is 0.494 e. The zero-order valence-electron chi connectivity index (χ0n) is 16.1. The predicted molar refractivity (Wildman–Crippen MR) is 102 cm³/mol. The molecule has 1 amide bonds. The van der Waals surface area contributed by atoms with Gasteiger partial charge in [-0.05, 0) is 57.4 Å². The Bertz CT molecular complexity index is 981. The number of hydrogen-bond acceptors (Lipinski definition) is 7. The van der Waals surface area contributed by atoms with Gasteiger partial charge in [-0.3, -0.25) is 10.1 Å². The van der Waals surface area contributed by atoms with Crippen LogP contribution in [0.25, 0.3) is 11.7 Å². The number of nitrogens with one attached hydrogen (secondary N) is 1. The largest absolute Gasteiger partial charge is 0.494 e. The maximum atomic E-state index is 12.6. The Kier molecular flexibility index (Phi) is 4.36. The maximum absolute atomic E-state index is 12.6. The van der Waals surface area contributed by atoms with Crippen molar-refractivity contribution in [2.45, 2.75) is 38.9 Å². The van der Waals surface area contributed by atoms with E-state index in [2.05, 4.69) is 15.5 Å². The molecule has 3 heterocycles. The van der Waals surface area contributed by atoms with Crippen molar-refractivity contribution in [3.63, 3.8) is 0 Å². The first kappa shape index (κ1) is 18.5. The summed E-state index contributed by atoms with van der Waals surface area (Å²) < 4.78 is 22.7. The van der Waals surface area contributed by atoms with Crippen LogP contribution in [0.1, 0.15) is 38.1 Å². The van der Waals surface area contributed by atoms with Gasteiger partial charge in [0.1, 0.15) is 0 Å². The van der Waals surface area contributed by atoms with Gasteiger partial charge >= 0.3 is 13.1 Å². The summed E-state index contributed by atoms with van der Waals surface area (Å²) in [5.74, 6) is 0.232. The molecule has 9 heteroatoms. The second kappa shape index (κ2) is 6.61. The van der Waals surface area contributed by atoms with Gasteiger partial charge < -0.3 is 18.1 Å². The number of benzene rings is 1. The highest BCUT2D eigenvalue weighted by molar-refractivity contribution is 6.62. The molecule has 1 fully saturated rings. The molecule has 4 rings (SSSR count). The Labute approximate surface area is 162 Å². The van der Waals surface area contributed by atoms with Gasteiger partial charge in [0, 0.05) is 5.56 Å². The van der Waals surface area contributed by atoms with Gasteiger partial charge in [-0.15, -0.1) is 5.10 Å². The standard InChI is InChI=1S/C19H20BN3O5/c1-18(2)19(3,4)28-20(27-18)13-8-5-7-12(11-13)15(24)21-17-23-22-16(26-17)14-9-6-10-25-14/h5-11H,1-4H3,(H,21,23,24). The first-order chi connectivity index (χ1) is 13.2. The molecule has 0 aliphatic carbocycles. The number of nitrogens with zero attached hydrogens (tertiary/aromatic N) is 2. The van der Waals surface area contributed by atoms with E-state index < -0.39 is 18.3 Å². The molecule has 3 aromatic rings. The third kappa shape index (κ3) is 3.34. The molecule has 1 aliphatic rings. The summed E-state index contributed by atoms with van der Waals surface area (Å²) in [5, 5.41) is 10.3. The molecule has 1 aromatic carbocycles. The van der Waals surface area contributed by atoms with E-state index in [-0.39, 0.29) is 17.8 Å². The Morgan fingerprint density at radius 2 is 1.79 bits per heavy atom. The summed E-state index contributed by atoms with van der Waals surface area (Å²) in [7, 11) is -0.549. The molecule has 0 unspecified atom stereocenters. The Balaban J connectivity index is 1.50. The van der Waals surface area contributed by atoms with E-state index in [1.54, 1.807) is 30.3 Å². The van der Waals surface area contributed by atoms with E-state index in [0.29, 0.717) is 11.3 Å². The van der Waals surface area contributed by atoms with Crippen LogP contribution in [-0.2, 0) is 9.31 Å². The van der Waals surface area contributed by atoms with Gasteiger partial charge in [-0.2, -0.15) is 0 Å². The molecule has 1 saturated heterocycles. The number of hydrogen-bond donors (Lipinski definition) is 1. The van der Waals surface area contributed by atoms with Gasteiger partial charge in [0.05, 0.1) is 17.5 Å². The van der Waals surface area contributed by atoms with Gasteiger partial charge in [0.15, 0.2) is 5.76 Å². The number of rotatable bonds is 4. The summed E-state index contributed by atoms with van der Waals surface area (Å²) in [6.07, 6.45) is 1.50. The van der Waals surface area contributed by atoms with Gasteiger partial charge in [-0.25, -0.2) is 0 Å². The van der Waals surface area contributed by atoms with E-state index in [1.807, 2.05) is 33.8 Å². The smallest absolute Gasteiger partial charge is 0.459 e. The highest BCUT2D eigenvalue weighted by atomic mass is 16.7. The molecule has 2 aromatic heterocycles. The van der Waals surface area contributed by atoms with Crippen LogP contribution >= 0.6 is 0 Å². The van der Waals surface area contributed by atoms with Crippen LogP contribution < -0.4 is 10.8 Å². The fourth-order valence-corrected chi connectivity index (χ4v) is 2.75. The Morgan fingerprint density at radius 1 is 1.04 bits per heavy atom. The van der Waals surface area contributed by atoms with Gasteiger partial charge in [0.2, 0.25) is 0 Å². The molecule has 28 heavy (non-hydrogen) atoms. The SMILES string of the molecule is CC1(C)OB(c2cccc(C(=O)Nc3nnc(-c4ccco4)o3)c2)OC1(C)C. The number of carbonyl (C=O) groups excluding carboxylic acids is 1. The van der Waals surface area contributed by atoms with Crippen LogP contribution in [0.5, 0.6) is 0 Å². The molecule has 0 atom stereocenters. The van der Waals surface area contributed by atoms with E-state index in [1.165, 1.54) is 6.26 Å². The first-order valence-electron chi connectivity index (χ1n) is 8.89. The molecule has 8 nitrogen and oxygen atoms in total. The van der Waals surface area contributed by atoms with Crippen LogP contribution in [0, 0.1) is 0 Å². The number of aromatic nitrogens is 2. The van der Waals surface area contributed by atoms with Gasteiger partial charge in [-0.1, -0.05) is 17.2 Å². The minimum atomic E-state index is -0.549. The van der Waals surface area contributed by atoms with Crippen molar-refractivity contribution < 1.29 is 22.9 Å². The molecule has 0 spiro atoms. The average Bonchev–Trinajstić information content (AvgIpc) is 3.35. The molecular weight excluding hydrogens is 361 g/mol. The molecule has 1 aliphatic heterocycles. The summed E-state index contributed by atoms with van der Waals surface area (Å²) in [4.78, 5) is 12.6. The summed E-state index contributed by atoms with van der Waals surface area (Å²) in [6, 6.07) is 10.4. The number of anilines is 1. The predicted octanol–water partition coefficient (Wildman–Crippen LogP) is 2.88. The van der Waals surface area contributed by atoms with Crippen LogP contribution in [-0.4, -0.2) is 34.4 Å². The second-order valence-electron chi connectivity index (χ2n) is 7.56. The second-order valence-corrected chi connectivity index (χ2v) is 7.56. The van der Waals surface area contributed by atoms with E-state index >= 15 is 0 Å². The lowest BCUT2D eigenvalue weighted by Crippen LogP contribution is -2.41. The van der Waals surface area contributed by atoms with Crippen LogP contribution in [0.15, 0.2) is 51.5 Å². The molecular formula is C19H20BN3O5. The van der Waals surface area contributed by atoms with Crippen molar-refractivity contribution in [2.75, 3.05) is 5.32 Å². The minimum Gasteiger partial charge on any atom is -0.459 e. The third-order valence-corrected chi connectivity index (χ3v) is 5.05. The van der Waals surface area contributed by atoms with Crippen molar-refractivity contribution >= 4 is 24.5 Å². The fraction of sp³-hybridized carbons (Fsp3) is 0.316. The number of furan rings is 1. The van der Waals surface area contributed by atoms with Crippen molar-refractivity contribution in [3.8, 4) is 11.7 Å². The third-order valence-electron chi connectivity index (χ3n) is 5.05. The number of amides is 1. The van der Waals surface area contributed by atoms with Crippen molar-refractivity contribution in [3.05, 3.63) is 48.2 Å². The highest BCUT2D eigenvalue weighted by Crippen LogP contribution is 2.36.